The SMILES string of the molecule is CO[C@H]1CCN(C2CC(C(=O)NC3CNN(Cc4ccccc4)C3)NO2)C1. The first-order chi connectivity index (χ1) is 13.2. The number of hydroxylamine groups is 1. The number of likely N-dealkylation sites (tertiary alicyclic amines) is 1. The monoisotopic (exact) mass is 375 g/mol. The molecule has 4 rings (SSSR count). The maximum atomic E-state index is 12.6. The van der Waals surface area contributed by atoms with Gasteiger partial charge in [-0.25, -0.2) is 5.01 Å². The van der Waals surface area contributed by atoms with Crippen molar-refractivity contribution in [3.05, 3.63) is 35.9 Å². The van der Waals surface area contributed by atoms with Crippen LogP contribution in [0.1, 0.15) is 18.4 Å². The molecule has 8 nitrogen and oxygen atoms in total. The first kappa shape index (κ1) is 18.8. The lowest BCUT2D eigenvalue weighted by Crippen LogP contribution is -2.47. The number of carbonyl (C=O) groups excluding carboxylic acids is 1. The molecule has 1 aromatic rings. The van der Waals surface area contributed by atoms with Gasteiger partial charge in [-0.1, -0.05) is 30.3 Å². The molecule has 0 saturated carbocycles. The van der Waals surface area contributed by atoms with Gasteiger partial charge >= 0.3 is 0 Å². The number of nitrogens with zero attached hydrogens (tertiary/aromatic N) is 2. The van der Waals surface area contributed by atoms with E-state index in [4.69, 9.17) is 9.57 Å². The molecule has 8 heteroatoms. The van der Waals surface area contributed by atoms with Crippen LogP contribution >= 0.6 is 0 Å². The summed E-state index contributed by atoms with van der Waals surface area (Å²) in [7, 11) is 1.74. The minimum absolute atomic E-state index is 0.00773. The van der Waals surface area contributed by atoms with Gasteiger partial charge in [0.1, 0.15) is 12.3 Å². The van der Waals surface area contributed by atoms with E-state index < -0.39 is 0 Å². The van der Waals surface area contributed by atoms with Crippen LogP contribution in [0.15, 0.2) is 30.3 Å². The van der Waals surface area contributed by atoms with Crippen LogP contribution in [0.3, 0.4) is 0 Å². The van der Waals surface area contributed by atoms with E-state index in [1.165, 1.54) is 5.56 Å². The van der Waals surface area contributed by atoms with Crippen LogP contribution in [0.4, 0.5) is 0 Å². The molecule has 3 N–H and O–H groups in total. The second kappa shape index (κ2) is 8.64. The molecule has 1 amide bonds. The molecule has 3 unspecified atom stereocenters. The van der Waals surface area contributed by atoms with Gasteiger partial charge in [0.25, 0.3) is 0 Å². The zero-order valence-corrected chi connectivity index (χ0v) is 15.8. The van der Waals surface area contributed by atoms with Crippen LogP contribution in [0.5, 0.6) is 0 Å². The van der Waals surface area contributed by atoms with Gasteiger partial charge in [-0.05, 0) is 12.0 Å². The van der Waals surface area contributed by atoms with E-state index in [-0.39, 0.29) is 30.3 Å². The Bertz CT molecular complexity index is 631. The lowest BCUT2D eigenvalue weighted by Gasteiger charge is -2.21. The van der Waals surface area contributed by atoms with Crippen LogP contribution in [-0.4, -0.2) is 73.5 Å². The van der Waals surface area contributed by atoms with Crippen LogP contribution in [0.2, 0.25) is 0 Å². The summed E-state index contributed by atoms with van der Waals surface area (Å²) in [6.45, 7) is 4.17. The van der Waals surface area contributed by atoms with Crippen molar-refractivity contribution >= 4 is 5.91 Å². The normalized spacial score (nSPS) is 32.2. The molecule has 0 bridgehead atoms. The second-order valence-corrected chi connectivity index (χ2v) is 7.55. The number of hydrogen-bond acceptors (Lipinski definition) is 7. The highest BCUT2D eigenvalue weighted by Gasteiger charge is 2.38. The Hall–Kier alpha value is -1.55. The number of methoxy groups -OCH3 is 1. The molecule has 4 atom stereocenters. The molecule has 1 aromatic carbocycles. The van der Waals surface area contributed by atoms with Crippen molar-refractivity contribution in [1.82, 2.24) is 26.1 Å². The molecule has 27 heavy (non-hydrogen) atoms. The maximum Gasteiger partial charge on any atom is 0.239 e. The summed E-state index contributed by atoms with van der Waals surface area (Å²) in [6.07, 6.45) is 1.88. The summed E-state index contributed by atoms with van der Waals surface area (Å²) in [6, 6.07) is 10.1. The highest BCUT2D eigenvalue weighted by Crippen LogP contribution is 2.22. The lowest BCUT2D eigenvalue weighted by molar-refractivity contribution is -0.125. The van der Waals surface area contributed by atoms with Crippen molar-refractivity contribution in [2.24, 2.45) is 0 Å². The fraction of sp³-hybridized carbons (Fsp3) is 0.632. The third-order valence-corrected chi connectivity index (χ3v) is 5.58. The smallest absolute Gasteiger partial charge is 0.239 e. The number of carbonyl (C=O) groups is 1. The van der Waals surface area contributed by atoms with Gasteiger partial charge in [0, 0.05) is 46.3 Å². The third kappa shape index (κ3) is 4.66. The quantitative estimate of drug-likeness (QED) is 0.637. The Morgan fingerprint density at radius 2 is 2.19 bits per heavy atom. The molecule has 0 spiro atoms. The van der Waals surface area contributed by atoms with Crippen LogP contribution in [0.25, 0.3) is 0 Å². The summed E-state index contributed by atoms with van der Waals surface area (Å²) in [4.78, 5) is 20.5. The predicted molar refractivity (Wildman–Crippen MR) is 100 cm³/mol. The van der Waals surface area contributed by atoms with Crippen molar-refractivity contribution in [1.29, 1.82) is 0 Å². The molecule has 3 aliphatic heterocycles. The van der Waals surface area contributed by atoms with Crippen LogP contribution < -0.4 is 16.2 Å². The number of benzene rings is 1. The van der Waals surface area contributed by atoms with E-state index in [9.17, 15) is 4.79 Å². The number of hydrogen-bond donors (Lipinski definition) is 3. The van der Waals surface area contributed by atoms with Crippen molar-refractivity contribution in [3.8, 4) is 0 Å². The molecular formula is C19H29N5O3. The van der Waals surface area contributed by atoms with E-state index in [0.29, 0.717) is 6.42 Å². The van der Waals surface area contributed by atoms with Gasteiger partial charge in [0.05, 0.1) is 12.1 Å². The van der Waals surface area contributed by atoms with Gasteiger partial charge < -0.3 is 10.1 Å². The van der Waals surface area contributed by atoms with Gasteiger partial charge in [-0.3, -0.25) is 20.0 Å². The number of hydrazine groups is 1. The fourth-order valence-corrected chi connectivity index (χ4v) is 4.01. The highest BCUT2D eigenvalue weighted by molar-refractivity contribution is 5.82. The molecule has 0 aliphatic carbocycles. The minimum Gasteiger partial charge on any atom is -0.380 e. The highest BCUT2D eigenvalue weighted by atomic mass is 16.7. The molecule has 3 fully saturated rings. The Kier molecular flexibility index (Phi) is 6.01. The fourth-order valence-electron chi connectivity index (χ4n) is 4.01. The van der Waals surface area contributed by atoms with Gasteiger partial charge in [0.15, 0.2) is 0 Å². The Morgan fingerprint density at radius 3 is 2.96 bits per heavy atom. The Balaban J connectivity index is 1.21. The molecule has 3 aliphatic rings. The summed E-state index contributed by atoms with van der Waals surface area (Å²) in [5, 5.41) is 5.29. The second-order valence-electron chi connectivity index (χ2n) is 7.55. The summed E-state index contributed by atoms with van der Waals surface area (Å²) in [5.74, 6) is 0.00773. The van der Waals surface area contributed by atoms with Crippen molar-refractivity contribution in [2.75, 3.05) is 33.3 Å². The Morgan fingerprint density at radius 1 is 1.33 bits per heavy atom. The lowest BCUT2D eigenvalue weighted by atomic mass is 10.1. The zero-order chi connectivity index (χ0) is 18.6. The molecule has 0 radical (unpaired) electrons. The van der Waals surface area contributed by atoms with Gasteiger partial charge in [-0.2, -0.15) is 5.48 Å². The van der Waals surface area contributed by atoms with Gasteiger partial charge in [0.2, 0.25) is 5.91 Å². The number of amides is 1. The average Bonchev–Trinajstić information content (AvgIpc) is 3.43. The van der Waals surface area contributed by atoms with Crippen molar-refractivity contribution in [3.63, 3.8) is 0 Å². The van der Waals surface area contributed by atoms with E-state index >= 15 is 0 Å². The number of ether oxygens (including phenoxy) is 1. The first-order valence-electron chi connectivity index (χ1n) is 9.72. The molecule has 0 aromatic heterocycles. The van der Waals surface area contributed by atoms with Gasteiger partial charge in [-0.15, -0.1) is 0 Å². The molecular weight excluding hydrogens is 346 g/mol. The van der Waals surface area contributed by atoms with Crippen LogP contribution in [0, 0.1) is 0 Å². The van der Waals surface area contributed by atoms with Crippen LogP contribution in [-0.2, 0) is 20.9 Å². The predicted octanol–water partition coefficient (Wildman–Crippen LogP) is -0.168. The van der Waals surface area contributed by atoms with E-state index in [2.05, 4.69) is 38.3 Å². The van der Waals surface area contributed by atoms with E-state index in [1.807, 2.05) is 18.2 Å². The minimum atomic E-state index is -0.306. The molecule has 3 saturated heterocycles. The summed E-state index contributed by atoms with van der Waals surface area (Å²) >= 11 is 0. The number of rotatable bonds is 6. The maximum absolute atomic E-state index is 12.6. The number of nitrogens with one attached hydrogen (secondary N) is 3. The van der Waals surface area contributed by atoms with E-state index in [1.54, 1.807) is 7.11 Å². The average molecular weight is 375 g/mol. The molecule has 3 heterocycles. The third-order valence-electron chi connectivity index (χ3n) is 5.58. The van der Waals surface area contributed by atoms with E-state index in [0.717, 1.165) is 39.1 Å². The Labute approximate surface area is 160 Å². The van der Waals surface area contributed by atoms with Crippen molar-refractivity contribution in [2.45, 2.75) is 43.8 Å². The largest absolute Gasteiger partial charge is 0.380 e. The molecule has 148 valence electrons. The first-order valence-corrected chi connectivity index (χ1v) is 9.72. The summed E-state index contributed by atoms with van der Waals surface area (Å²) < 4.78 is 5.41. The summed E-state index contributed by atoms with van der Waals surface area (Å²) in [5.41, 5.74) is 7.53. The standard InChI is InChI=1S/C19H29N5O3/c1-26-16-7-8-23(13-16)18-9-17(22-27-18)19(25)21-15-10-20-24(12-15)11-14-5-3-2-4-6-14/h2-6,15-18,20,22H,7-13H2,1H3,(H,21,25)/t15?,16-,17?,18?/m0/s1. The zero-order valence-electron chi connectivity index (χ0n) is 15.8. The van der Waals surface area contributed by atoms with Crippen molar-refractivity contribution < 1.29 is 14.4 Å². The topological polar surface area (TPSA) is 78.1 Å².